The molecule has 14 heavy (non-hydrogen) atoms. The van der Waals surface area contributed by atoms with Crippen molar-refractivity contribution < 1.29 is 9.72 Å². The summed E-state index contributed by atoms with van der Waals surface area (Å²) >= 11 is 3.02. The Bertz CT molecular complexity index is 381. The topological polar surface area (TPSA) is 86.2 Å². The Hall–Kier alpha value is -1.43. The number of halogens is 1. The van der Waals surface area contributed by atoms with Crippen LogP contribution in [0.15, 0.2) is 18.2 Å². The molecule has 0 heterocycles. The van der Waals surface area contributed by atoms with E-state index in [4.69, 9.17) is 5.73 Å². The third kappa shape index (κ3) is 2.08. The van der Waals surface area contributed by atoms with Crippen LogP contribution >= 0.6 is 15.9 Å². The van der Waals surface area contributed by atoms with Crippen molar-refractivity contribution in [1.82, 2.24) is 0 Å². The Labute approximate surface area is 88.2 Å². The molecule has 1 unspecified atom stereocenters. The normalized spacial score (nSPS) is 12.1. The van der Waals surface area contributed by atoms with Gasteiger partial charge in [-0.25, -0.2) is 0 Å². The summed E-state index contributed by atoms with van der Waals surface area (Å²) in [7, 11) is 0. The van der Waals surface area contributed by atoms with E-state index >= 15 is 0 Å². The molecule has 0 aliphatic rings. The maximum Gasteiger partial charge on any atom is 0.276 e. The molecule has 74 valence electrons. The number of hydrogen-bond donors (Lipinski definition) is 1. The predicted octanol–water partition coefficient (Wildman–Crippen LogP) is 1.81. The number of benzene rings is 1. The Balaban J connectivity index is 3.28. The summed E-state index contributed by atoms with van der Waals surface area (Å²) < 4.78 is 0. The highest BCUT2D eigenvalue weighted by Gasteiger charge is 2.19. The van der Waals surface area contributed by atoms with Crippen LogP contribution in [0.25, 0.3) is 0 Å². The molecule has 0 bridgehead atoms. The van der Waals surface area contributed by atoms with Gasteiger partial charge in [0.15, 0.2) is 0 Å². The van der Waals surface area contributed by atoms with Crippen LogP contribution in [0.3, 0.4) is 0 Å². The molecule has 2 N–H and O–H groups in total. The van der Waals surface area contributed by atoms with Crippen LogP contribution in [-0.4, -0.2) is 11.2 Å². The maximum absolute atomic E-state index is 10.6. The maximum atomic E-state index is 10.6. The number of nitro groups is 1. The van der Waals surface area contributed by atoms with Crippen molar-refractivity contribution in [1.29, 1.82) is 0 Å². The highest BCUT2D eigenvalue weighted by molar-refractivity contribution is 9.09. The van der Waals surface area contributed by atoms with Gasteiger partial charge in [-0.2, -0.15) is 0 Å². The highest BCUT2D eigenvalue weighted by atomic mass is 79.9. The lowest BCUT2D eigenvalue weighted by Crippen LogP contribution is -2.00. The second-order valence-electron chi connectivity index (χ2n) is 2.61. The molecule has 0 aliphatic carbocycles. The fourth-order valence-corrected chi connectivity index (χ4v) is 1.41. The molecule has 1 rings (SSSR count). The molecule has 1 atom stereocenters. The van der Waals surface area contributed by atoms with Crippen molar-refractivity contribution in [3.8, 4) is 0 Å². The Morgan fingerprint density at radius 2 is 2.21 bits per heavy atom. The predicted molar refractivity (Wildman–Crippen MR) is 55.2 cm³/mol. The summed E-state index contributed by atoms with van der Waals surface area (Å²) in [5, 5.41) is 10.6. The van der Waals surface area contributed by atoms with Crippen molar-refractivity contribution in [2.75, 3.05) is 5.73 Å². The van der Waals surface area contributed by atoms with E-state index in [1.807, 2.05) is 0 Å². The number of alkyl halides is 1. The fourth-order valence-electron chi connectivity index (χ4n) is 1.03. The quantitative estimate of drug-likeness (QED) is 0.295. The van der Waals surface area contributed by atoms with Gasteiger partial charge < -0.3 is 10.5 Å². The minimum atomic E-state index is -0.677. The van der Waals surface area contributed by atoms with E-state index in [-0.39, 0.29) is 5.69 Å². The van der Waals surface area contributed by atoms with E-state index in [1.54, 1.807) is 0 Å². The molecule has 1 aromatic carbocycles. The average molecular weight is 259 g/mol. The number of nitrogens with two attached hydrogens (primary N) is 1. The molecule has 0 aromatic heterocycles. The van der Waals surface area contributed by atoms with E-state index in [2.05, 4.69) is 15.9 Å². The number of nitrogens with zero attached hydrogens (tertiary/aromatic N) is 1. The lowest BCUT2D eigenvalue weighted by molar-refractivity contribution is -0.385. The van der Waals surface area contributed by atoms with Gasteiger partial charge >= 0.3 is 0 Å². The Morgan fingerprint density at radius 1 is 1.57 bits per heavy atom. The first kappa shape index (κ1) is 10.6. The first-order valence-corrected chi connectivity index (χ1v) is 4.61. The number of aldehydes is 1. The number of carbonyl (C=O) groups is 1. The van der Waals surface area contributed by atoms with Crippen molar-refractivity contribution >= 4 is 33.6 Å². The number of carbonyl (C=O) groups excluding carboxylic acids is 1. The lowest BCUT2D eigenvalue weighted by Gasteiger charge is -2.04. The van der Waals surface area contributed by atoms with Gasteiger partial charge in [-0.3, -0.25) is 10.1 Å². The second-order valence-corrected chi connectivity index (χ2v) is 3.60. The minimum absolute atomic E-state index is 0.154. The summed E-state index contributed by atoms with van der Waals surface area (Å²) in [6.45, 7) is 0. The SMILES string of the molecule is Nc1ccc(C(Br)C=O)c([N+](=O)[O-])c1. The third-order valence-corrected chi connectivity index (χ3v) is 2.38. The minimum Gasteiger partial charge on any atom is -0.399 e. The Morgan fingerprint density at radius 3 is 2.71 bits per heavy atom. The molecule has 0 saturated heterocycles. The average Bonchev–Trinajstić information content (AvgIpc) is 2.16. The zero-order chi connectivity index (χ0) is 10.7. The highest BCUT2D eigenvalue weighted by Crippen LogP contribution is 2.30. The molecule has 0 spiro atoms. The lowest BCUT2D eigenvalue weighted by atomic mass is 10.1. The standard InChI is InChI=1S/C8H7BrN2O3/c9-7(4-12)6-2-1-5(10)3-8(6)11(13)14/h1-4,7H,10H2. The van der Waals surface area contributed by atoms with Crippen molar-refractivity contribution in [2.24, 2.45) is 0 Å². The Kier molecular flexibility index (Phi) is 3.19. The molecule has 5 nitrogen and oxygen atoms in total. The van der Waals surface area contributed by atoms with Gasteiger partial charge in [0.25, 0.3) is 5.69 Å². The molecule has 6 heteroatoms. The molecular formula is C8H7BrN2O3. The van der Waals surface area contributed by atoms with Crippen LogP contribution in [0.1, 0.15) is 10.4 Å². The molecule has 0 fully saturated rings. The van der Waals surface area contributed by atoms with Crippen LogP contribution in [0.5, 0.6) is 0 Å². The zero-order valence-corrected chi connectivity index (χ0v) is 8.60. The summed E-state index contributed by atoms with van der Waals surface area (Å²) in [4.78, 5) is 19.8. The van der Waals surface area contributed by atoms with Crippen LogP contribution in [0.2, 0.25) is 0 Å². The number of anilines is 1. The summed E-state index contributed by atoms with van der Waals surface area (Å²) in [5.41, 5.74) is 5.85. The first-order valence-electron chi connectivity index (χ1n) is 3.69. The molecule has 0 radical (unpaired) electrons. The van der Waals surface area contributed by atoms with Crippen LogP contribution in [-0.2, 0) is 4.79 Å². The summed E-state index contributed by atoms with van der Waals surface area (Å²) in [6.07, 6.45) is 0.582. The fraction of sp³-hybridized carbons (Fsp3) is 0.125. The molecule has 0 saturated carbocycles. The summed E-state index contributed by atoms with van der Waals surface area (Å²) in [5.74, 6) is 0. The number of nitrogen functional groups attached to an aromatic ring is 1. The summed E-state index contributed by atoms with van der Waals surface area (Å²) in [6, 6.07) is 4.20. The van der Waals surface area contributed by atoms with Gasteiger partial charge in [-0.1, -0.05) is 15.9 Å². The van der Waals surface area contributed by atoms with Crippen molar-refractivity contribution in [3.05, 3.63) is 33.9 Å². The van der Waals surface area contributed by atoms with Gasteiger partial charge in [0, 0.05) is 11.8 Å². The third-order valence-electron chi connectivity index (χ3n) is 1.67. The van der Waals surface area contributed by atoms with Gasteiger partial charge in [0.05, 0.1) is 10.5 Å². The van der Waals surface area contributed by atoms with Crippen LogP contribution in [0.4, 0.5) is 11.4 Å². The van der Waals surface area contributed by atoms with E-state index in [0.29, 0.717) is 17.5 Å². The molecule has 0 amide bonds. The van der Waals surface area contributed by atoms with Crippen LogP contribution < -0.4 is 5.73 Å². The number of hydrogen-bond acceptors (Lipinski definition) is 4. The van der Waals surface area contributed by atoms with Gasteiger partial charge in [0.2, 0.25) is 0 Å². The molecule has 1 aromatic rings. The first-order chi connectivity index (χ1) is 6.56. The monoisotopic (exact) mass is 258 g/mol. The van der Waals surface area contributed by atoms with Crippen molar-refractivity contribution in [3.63, 3.8) is 0 Å². The molecule has 0 aliphatic heterocycles. The largest absolute Gasteiger partial charge is 0.399 e. The van der Waals surface area contributed by atoms with Crippen molar-refractivity contribution in [2.45, 2.75) is 4.83 Å². The van der Waals surface area contributed by atoms with E-state index < -0.39 is 9.75 Å². The molecular weight excluding hydrogens is 252 g/mol. The second kappa shape index (κ2) is 4.19. The number of rotatable bonds is 3. The van der Waals surface area contributed by atoms with Gasteiger partial charge in [0.1, 0.15) is 11.1 Å². The zero-order valence-electron chi connectivity index (χ0n) is 7.01. The van der Waals surface area contributed by atoms with E-state index in [1.165, 1.54) is 18.2 Å². The van der Waals surface area contributed by atoms with Gasteiger partial charge in [-0.05, 0) is 12.1 Å². The van der Waals surface area contributed by atoms with Crippen LogP contribution in [0, 0.1) is 10.1 Å². The van der Waals surface area contributed by atoms with E-state index in [9.17, 15) is 14.9 Å². The van der Waals surface area contributed by atoms with E-state index in [0.717, 1.165) is 0 Å². The smallest absolute Gasteiger partial charge is 0.276 e. The van der Waals surface area contributed by atoms with Gasteiger partial charge in [-0.15, -0.1) is 0 Å². The number of nitro benzene ring substituents is 1.